The first-order chi connectivity index (χ1) is 14.9. The Morgan fingerprint density at radius 3 is 2.39 bits per heavy atom. The Morgan fingerprint density at radius 1 is 1.00 bits per heavy atom. The minimum absolute atomic E-state index is 0.0178. The molecule has 0 bridgehead atoms. The van der Waals surface area contributed by atoms with Gasteiger partial charge in [-0.1, -0.05) is 24.3 Å². The maximum atomic E-state index is 13.6. The molecule has 3 aromatic carbocycles. The summed E-state index contributed by atoms with van der Waals surface area (Å²) in [5.74, 6) is 0.504. The molecule has 0 aliphatic rings. The normalized spacial score (nSPS) is 11.4. The Hall–Kier alpha value is -3.98. The van der Waals surface area contributed by atoms with Crippen LogP contribution in [0.2, 0.25) is 0 Å². The minimum atomic E-state index is -4.12. The molecule has 4 aromatic rings. The van der Waals surface area contributed by atoms with Crippen LogP contribution in [0, 0.1) is 10.1 Å². The number of nitrogens with zero attached hydrogens (tertiary/aromatic N) is 2. The van der Waals surface area contributed by atoms with E-state index in [-0.39, 0.29) is 21.7 Å². The maximum absolute atomic E-state index is 13.6. The standard InChI is InChI=1S/C22H16N2O6S/c1-30-17-10-11-20-16(12-17)13-21(19-9-5-6-15(14-25)22(19)24(26)27)23(20)31(28,29)18-7-3-2-4-8-18/h2-14H,1H3. The van der Waals surface area contributed by atoms with Gasteiger partial charge in [-0.05, 0) is 48.5 Å². The average Bonchev–Trinajstić information content (AvgIpc) is 3.18. The molecular weight excluding hydrogens is 420 g/mol. The molecule has 0 saturated heterocycles. The monoisotopic (exact) mass is 436 g/mol. The smallest absolute Gasteiger partial charge is 0.289 e. The molecule has 1 aromatic heterocycles. The van der Waals surface area contributed by atoms with E-state index in [0.29, 0.717) is 22.9 Å². The molecule has 31 heavy (non-hydrogen) atoms. The summed E-state index contributed by atoms with van der Waals surface area (Å²) in [6.45, 7) is 0. The number of ether oxygens (including phenoxy) is 1. The molecule has 0 spiro atoms. The SMILES string of the molecule is COc1ccc2c(c1)cc(-c1cccc(C=O)c1[N+](=O)[O-])n2S(=O)(=O)c1ccccc1. The van der Waals surface area contributed by atoms with Crippen molar-refractivity contribution >= 4 is 32.9 Å². The van der Waals surface area contributed by atoms with Crippen molar-refractivity contribution in [1.29, 1.82) is 0 Å². The van der Waals surface area contributed by atoms with Crippen LogP contribution in [0.5, 0.6) is 5.75 Å². The fraction of sp³-hybridized carbons (Fsp3) is 0.0455. The molecule has 4 rings (SSSR count). The number of aromatic nitrogens is 1. The third-order valence-electron chi connectivity index (χ3n) is 4.90. The van der Waals surface area contributed by atoms with E-state index in [1.54, 1.807) is 36.4 Å². The highest BCUT2D eigenvalue weighted by atomic mass is 32.2. The Balaban J connectivity index is 2.14. The van der Waals surface area contributed by atoms with Gasteiger partial charge in [0.1, 0.15) is 5.75 Å². The molecule has 0 atom stereocenters. The lowest BCUT2D eigenvalue weighted by molar-refractivity contribution is -0.384. The summed E-state index contributed by atoms with van der Waals surface area (Å²) in [5.41, 5.74) is -0.192. The van der Waals surface area contributed by atoms with Gasteiger partial charge in [-0.3, -0.25) is 14.9 Å². The van der Waals surface area contributed by atoms with Gasteiger partial charge in [-0.25, -0.2) is 12.4 Å². The second-order valence-electron chi connectivity index (χ2n) is 6.66. The van der Waals surface area contributed by atoms with Gasteiger partial charge in [0, 0.05) is 5.39 Å². The molecule has 0 radical (unpaired) electrons. The number of nitro benzene ring substituents is 1. The highest BCUT2D eigenvalue weighted by molar-refractivity contribution is 7.90. The number of carbonyl (C=O) groups is 1. The van der Waals surface area contributed by atoms with Crippen LogP contribution in [0.3, 0.4) is 0 Å². The van der Waals surface area contributed by atoms with Crippen molar-refractivity contribution in [3.63, 3.8) is 0 Å². The van der Waals surface area contributed by atoms with Crippen molar-refractivity contribution in [2.24, 2.45) is 0 Å². The molecule has 0 fully saturated rings. The van der Waals surface area contributed by atoms with Gasteiger partial charge in [0.15, 0.2) is 6.29 Å². The Morgan fingerprint density at radius 2 is 1.74 bits per heavy atom. The highest BCUT2D eigenvalue weighted by Gasteiger charge is 2.29. The quantitative estimate of drug-likeness (QED) is 0.254. The van der Waals surface area contributed by atoms with E-state index < -0.39 is 20.6 Å². The van der Waals surface area contributed by atoms with Gasteiger partial charge in [0.2, 0.25) is 0 Å². The number of rotatable bonds is 6. The van der Waals surface area contributed by atoms with E-state index in [2.05, 4.69) is 0 Å². The van der Waals surface area contributed by atoms with Crippen LogP contribution in [-0.4, -0.2) is 30.7 Å². The number of benzene rings is 3. The van der Waals surface area contributed by atoms with Crippen LogP contribution in [0.1, 0.15) is 10.4 Å². The van der Waals surface area contributed by atoms with Crippen molar-refractivity contribution < 1.29 is 22.9 Å². The van der Waals surface area contributed by atoms with Gasteiger partial charge in [0.25, 0.3) is 15.7 Å². The van der Waals surface area contributed by atoms with Crippen molar-refractivity contribution in [2.75, 3.05) is 7.11 Å². The average molecular weight is 436 g/mol. The van der Waals surface area contributed by atoms with Crippen LogP contribution in [0.4, 0.5) is 5.69 Å². The second-order valence-corrected chi connectivity index (χ2v) is 8.44. The van der Waals surface area contributed by atoms with Crippen molar-refractivity contribution in [3.8, 4) is 17.0 Å². The Bertz CT molecular complexity index is 1430. The summed E-state index contributed by atoms with van der Waals surface area (Å²) in [6.07, 6.45) is 0.378. The summed E-state index contributed by atoms with van der Waals surface area (Å²) >= 11 is 0. The molecule has 0 aliphatic heterocycles. The lowest BCUT2D eigenvalue weighted by atomic mass is 10.1. The number of nitro groups is 1. The predicted molar refractivity (Wildman–Crippen MR) is 115 cm³/mol. The summed E-state index contributed by atoms with van der Waals surface area (Å²) in [7, 11) is -2.63. The zero-order chi connectivity index (χ0) is 22.2. The molecule has 8 nitrogen and oxygen atoms in total. The highest BCUT2D eigenvalue weighted by Crippen LogP contribution is 2.38. The molecule has 0 aliphatic carbocycles. The fourth-order valence-electron chi connectivity index (χ4n) is 3.51. The van der Waals surface area contributed by atoms with Crippen molar-refractivity contribution in [2.45, 2.75) is 4.90 Å². The topological polar surface area (TPSA) is 109 Å². The molecular formula is C22H16N2O6S. The van der Waals surface area contributed by atoms with Gasteiger partial charge in [-0.15, -0.1) is 0 Å². The largest absolute Gasteiger partial charge is 0.497 e. The molecule has 1 heterocycles. The van der Waals surface area contributed by atoms with E-state index in [1.165, 1.54) is 43.5 Å². The Labute approximate surface area is 177 Å². The zero-order valence-electron chi connectivity index (χ0n) is 16.3. The number of para-hydroxylation sites is 1. The third kappa shape index (κ3) is 3.34. The number of hydrogen-bond acceptors (Lipinski definition) is 6. The van der Waals surface area contributed by atoms with Crippen molar-refractivity contribution in [1.82, 2.24) is 3.97 Å². The van der Waals surface area contributed by atoms with Crippen LogP contribution in [-0.2, 0) is 10.0 Å². The number of fused-ring (bicyclic) bond motifs is 1. The van der Waals surface area contributed by atoms with E-state index in [1.807, 2.05) is 0 Å². The molecule has 9 heteroatoms. The van der Waals surface area contributed by atoms with Gasteiger partial charge in [0.05, 0.1) is 39.3 Å². The first-order valence-electron chi connectivity index (χ1n) is 9.11. The lowest BCUT2D eigenvalue weighted by Crippen LogP contribution is -2.14. The van der Waals surface area contributed by atoms with Crippen LogP contribution in [0.25, 0.3) is 22.2 Å². The van der Waals surface area contributed by atoms with Crippen LogP contribution < -0.4 is 4.74 Å². The fourth-order valence-corrected chi connectivity index (χ4v) is 5.05. The Kier molecular flexibility index (Phi) is 5.04. The molecule has 156 valence electrons. The van der Waals surface area contributed by atoms with E-state index >= 15 is 0 Å². The zero-order valence-corrected chi connectivity index (χ0v) is 17.1. The summed E-state index contributed by atoms with van der Waals surface area (Å²) in [5, 5.41) is 12.3. The van der Waals surface area contributed by atoms with E-state index in [9.17, 15) is 23.3 Å². The number of carbonyl (C=O) groups excluding carboxylic acids is 1. The molecule has 0 unspecified atom stereocenters. The number of aldehydes is 1. The van der Waals surface area contributed by atoms with Crippen LogP contribution >= 0.6 is 0 Å². The first kappa shape index (κ1) is 20.3. The molecule has 0 N–H and O–H groups in total. The van der Waals surface area contributed by atoms with E-state index in [4.69, 9.17) is 4.74 Å². The lowest BCUT2D eigenvalue weighted by Gasteiger charge is -2.13. The van der Waals surface area contributed by atoms with Gasteiger partial charge < -0.3 is 4.74 Å². The van der Waals surface area contributed by atoms with Gasteiger partial charge in [-0.2, -0.15) is 0 Å². The number of methoxy groups -OCH3 is 1. The first-order valence-corrected chi connectivity index (χ1v) is 10.6. The maximum Gasteiger partial charge on any atom is 0.289 e. The minimum Gasteiger partial charge on any atom is -0.497 e. The predicted octanol–water partition coefficient (Wildman–Crippen LogP) is 4.27. The number of hydrogen-bond donors (Lipinski definition) is 0. The summed E-state index contributed by atoms with van der Waals surface area (Å²) in [6, 6.07) is 18.4. The molecule has 0 amide bonds. The molecule has 0 saturated carbocycles. The second kappa shape index (κ2) is 7.69. The van der Waals surface area contributed by atoms with Crippen LogP contribution in [0.15, 0.2) is 77.7 Å². The van der Waals surface area contributed by atoms with Gasteiger partial charge >= 0.3 is 0 Å². The van der Waals surface area contributed by atoms with Crippen molar-refractivity contribution in [3.05, 3.63) is 88.5 Å². The summed E-state index contributed by atoms with van der Waals surface area (Å²) < 4.78 is 33.5. The van der Waals surface area contributed by atoms with E-state index in [0.717, 1.165) is 3.97 Å². The summed E-state index contributed by atoms with van der Waals surface area (Å²) in [4.78, 5) is 22.6. The third-order valence-corrected chi connectivity index (χ3v) is 6.64.